The summed E-state index contributed by atoms with van der Waals surface area (Å²) in [4.78, 5) is 106. The maximum atomic E-state index is 14.9. The van der Waals surface area contributed by atoms with Gasteiger partial charge < -0.3 is 30.1 Å². The highest BCUT2D eigenvalue weighted by atomic mass is 16.5. The van der Waals surface area contributed by atoms with Crippen LogP contribution in [0.2, 0.25) is 0 Å². The van der Waals surface area contributed by atoms with Crippen LogP contribution >= 0.6 is 0 Å². The van der Waals surface area contributed by atoms with Crippen molar-refractivity contribution in [1.29, 1.82) is 5.26 Å². The average Bonchev–Trinajstić information content (AvgIpc) is 3.26. The minimum absolute atomic E-state index is 0.00483. The summed E-state index contributed by atoms with van der Waals surface area (Å²) in [6.07, 6.45) is 10.1. The van der Waals surface area contributed by atoms with E-state index in [4.69, 9.17) is 4.74 Å². The fraction of sp³-hybridized carbons (Fsp3) is 0.843. The van der Waals surface area contributed by atoms with E-state index < -0.39 is 71.8 Å². The Kier molecular flexibility index (Phi) is 25.4. The predicted molar refractivity (Wildman–Crippen MR) is 254 cm³/mol. The zero-order valence-corrected chi connectivity index (χ0v) is 42.4. The molecule has 9 atom stereocenters. The van der Waals surface area contributed by atoms with E-state index in [1.807, 2.05) is 47.6 Å². The molecular weight excluding hydrogens is 825 g/mol. The number of likely N-dealkylation sites (N-methyl/N-ethyl adjacent to an activating group) is 3. The van der Waals surface area contributed by atoms with Crippen LogP contribution < -0.4 is 10.6 Å². The molecule has 5 amide bonds. The zero-order valence-electron chi connectivity index (χ0n) is 42.4. The third kappa shape index (κ3) is 18.6. The summed E-state index contributed by atoms with van der Waals surface area (Å²) < 4.78 is 5.82. The summed E-state index contributed by atoms with van der Waals surface area (Å²) >= 11 is 0. The number of cyclic esters (lactones) is 1. The highest BCUT2D eigenvalue weighted by Crippen LogP contribution is 2.31. The molecule has 0 aromatic rings. The first-order chi connectivity index (χ1) is 30.7. The Bertz CT molecular complexity index is 1590. The summed E-state index contributed by atoms with van der Waals surface area (Å²) in [5.41, 5.74) is 0. The van der Waals surface area contributed by atoms with Crippen molar-refractivity contribution < 1.29 is 38.3 Å². The topological polar surface area (TPSA) is 186 Å². The number of ether oxygens (including phenoxy) is 1. The molecule has 2 N–H and O–H groups in total. The van der Waals surface area contributed by atoms with E-state index in [0.717, 1.165) is 70.6 Å². The van der Waals surface area contributed by atoms with Crippen LogP contribution in [0.1, 0.15) is 184 Å². The van der Waals surface area contributed by atoms with Crippen molar-refractivity contribution in [3.63, 3.8) is 0 Å². The van der Waals surface area contributed by atoms with Gasteiger partial charge in [-0.3, -0.25) is 28.8 Å². The highest BCUT2D eigenvalue weighted by molar-refractivity contribution is 5.97. The summed E-state index contributed by atoms with van der Waals surface area (Å²) in [5, 5.41) is 15.5. The Hall–Kier alpha value is -4.02. The number of Topliss-reactive ketones (excluding diaryl/α,β-unsaturated/α-hetero) is 1. The van der Waals surface area contributed by atoms with Gasteiger partial charge in [0.25, 0.3) is 5.91 Å². The van der Waals surface area contributed by atoms with Gasteiger partial charge in [-0.2, -0.15) is 5.26 Å². The lowest BCUT2D eigenvalue weighted by molar-refractivity contribution is -0.163. The molecule has 1 unspecified atom stereocenters. The van der Waals surface area contributed by atoms with Crippen LogP contribution in [0, 0.1) is 46.8 Å². The number of rotatable bonds is 18. The molecule has 0 spiro atoms. The zero-order chi connectivity index (χ0) is 49.0. The number of hydrogen-bond donors (Lipinski definition) is 2. The number of hydrogen-bond acceptors (Lipinski definition) is 9. The van der Waals surface area contributed by atoms with Crippen LogP contribution in [0.25, 0.3) is 0 Å². The summed E-state index contributed by atoms with van der Waals surface area (Å²) in [6.45, 7) is 17.6. The van der Waals surface area contributed by atoms with E-state index >= 15 is 0 Å². The van der Waals surface area contributed by atoms with E-state index in [9.17, 15) is 38.8 Å². The number of amides is 5. The lowest BCUT2D eigenvalue weighted by Crippen LogP contribution is -2.57. The number of nitriles is 1. The third-order valence-corrected chi connectivity index (χ3v) is 13.8. The first-order valence-electron chi connectivity index (χ1n) is 25.2. The van der Waals surface area contributed by atoms with Crippen molar-refractivity contribution in [3.8, 4) is 6.07 Å². The van der Waals surface area contributed by atoms with Crippen LogP contribution in [0.3, 0.4) is 0 Å². The maximum Gasteiger partial charge on any atom is 0.329 e. The van der Waals surface area contributed by atoms with Crippen LogP contribution in [-0.2, 0) is 38.3 Å². The largest absolute Gasteiger partial charge is 0.451 e. The van der Waals surface area contributed by atoms with Gasteiger partial charge in [-0.1, -0.05) is 126 Å². The first kappa shape index (κ1) is 57.1. The lowest BCUT2D eigenvalue weighted by atomic mass is 9.83. The molecule has 2 rings (SSSR count). The van der Waals surface area contributed by atoms with Crippen LogP contribution in [0.15, 0.2) is 0 Å². The molecule has 0 bridgehead atoms. The second kappa shape index (κ2) is 28.9. The maximum absolute atomic E-state index is 14.9. The molecule has 1 saturated heterocycles. The number of carbonyl (C=O) groups excluding carboxylic acids is 7. The molecule has 1 saturated carbocycles. The Balaban J connectivity index is 2.87. The number of ketones is 1. The van der Waals surface area contributed by atoms with Crippen molar-refractivity contribution in [2.75, 3.05) is 21.1 Å². The second-order valence-electron chi connectivity index (χ2n) is 20.6. The molecule has 65 heavy (non-hydrogen) atoms. The number of nitrogens with zero attached hydrogens (tertiary/aromatic N) is 4. The first-order valence-corrected chi connectivity index (χ1v) is 25.2. The molecule has 2 aliphatic rings. The van der Waals surface area contributed by atoms with E-state index in [1.54, 1.807) is 14.1 Å². The number of nitrogens with one attached hydrogen (secondary N) is 2. The van der Waals surface area contributed by atoms with Gasteiger partial charge in [-0.25, -0.2) is 4.79 Å². The molecule has 2 fully saturated rings. The molecular formula is C51H88N6O8. The van der Waals surface area contributed by atoms with E-state index in [1.165, 1.54) is 28.7 Å². The molecule has 1 heterocycles. The molecule has 0 aromatic carbocycles. The van der Waals surface area contributed by atoms with Gasteiger partial charge in [0, 0.05) is 46.3 Å². The minimum Gasteiger partial charge on any atom is -0.451 e. The average molecular weight is 913 g/mol. The van der Waals surface area contributed by atoms with Gasteiger partial charge in [-0.15, -0.1) is 0 Å². The van der Waals surface area contributed by atoms with Gasteiger partial charge in [0.15, 0.2) is 11.9 Å². The van der Waals surface area contributed by atoms with Crippen molar-refractivity contribution in [3.05, 3.63) is 0 Å². The van der Waals surface area contributed by atoms with Crippen molar-refractivity contribution >= 4 is 41.3 Å². The molecule has 370 valence electrons. The number of unbranched alkanes of at least 4 members (excludes halogenated alkanes) is 2. The number of carbonyl (C=O) groups is 7. The van der Waals surface area contributed by atoms with Gasteiger partial charge in [-0.05, 0) is 68.6 Å². The summed E-state index contributed by atoms with van der Waals surface area (Å²) in [7, 11) is 4.66. The van der Waals surface area contributed by atoms with Crippen molar-refractivity contribution in [1.82, 2.24) is 25.3 Å². The monoisotopic (exact) mass is 913 g/mol. The van der Waals surface area contributed by atoms with E-state index in [2.05, 4.69) is 24.5 Å². The third-order valence-electron chi connectivity index (χ3n) is 13.8. The molecule has 0 radical (unpaired) electrons. The Labute approximate surface area is 392 Å². The normalized spacial score (nSPS) is 26.7. The van der Waals surface area contributed by atoms with Gasteiger partial charge in [0.05, 0.1) is 12.1 Å². The summed E-state index contributed by atoms with van der Waals surface area (Å²) in [6, 6.07) is -3.16. The van der Waals surface area contributed by atoms with Crippen LogP contribution in [0.4, 0.5) is 0 Å². The van der Waals surface area contributed by atoms with Crippen molar-refractivity contribution in [2.24, 2.45) is 35.5 Å². The van der Waals surface area contributed by atoms with Crippen LogP contribution in [-0.4, -0.2) is 113 Å². The second-order valence-corrected chi connectivity index (χ2v) is 20.6. The van der Waals surface area contributed by atoms with Gasteiger partial charge in [0.1, 0.15) is 24.2 Å². The number of esters is 1. The van der Waals surface area contributed by atoms with E-state index in [0.29, 0.717) is 25.7 Å². The van der Waals surface area contributed by atoms with Crippen LogP contribution in [0.5, 0.6) is 0 Å². The minimum atomic E-state index is -1.45. The molecule has 0 aromatic heterocycles. The predicted octanol–water partition coefficient (Wildman–Crippen LogP) is 7.76. The Morgan fingerprint density at radius 2 is 1.18 bits per heavy atom. The van der Waals surface area contributed by atoms with Crippen molar-refractivity contribution in [2.45, 2.75) is 221 Å². The van der Waals surface area contributed by atoms with Gasteiger partial charge >= 0.3 is 5.97 Å². The summed E-state index contributed by atoms with van der Waals surface area (Å²) in [5.74, 6) is -4.27. The standard InChI is InChI=1S/C51H88N6O8/c1-13-15-21-35(7)29-40-49(62)55(10)37(9)51(64)65-45(25-20-26-52)47(60)54-41(30-36(8)22-16-14-2)50(63)56(11)42(28-34(5)6)44(58)32-39(27-33(3)4)48(61)57(12)43(46(59)53-40)31-38-23-18-17-19-24-38/h33-43,45H,13-25,27-32H2,1-12H3,(H,53,59)(H,54,60)/t35-,36-,37+,39-,40?,41+,42+,43+,45-/m1/s1. The quantitative estimate of drug-likeness (QED) is 0.130. The Morgan fingerprint density at radius 3 is 1.69 bits per heavy atom. The molecule has 1 aliphatic heterocycles. The smallest absolute Gasteiger partial charge is 0.329 e. The fourth-order valence-electron chi connectivity index (χ4n) is 9.59. The molecule has 14 nitrogen and oxygen atoms in total. The fourth-order valence-corrected chi connectivity index (χ4v) is 9.59. The SMILES string of the molecule is CCCC[C@@H](C)CC1NC(=O)[C@H](CC2CCCCC2)N(C)C(=O)[C@H](CC(C)C)CC(=O)[C@H](CC(C)C)N(C)C(=O)[C@H](C[C@H](C)CCCC)NC(=O)[C@@H](CCC#N)OC(=O)[C@H](C)N(C)C1=O. The molecule has 14 heteroatoms. The lowest BCUT2D eigenvalue weighted by Gasteiger charge is -2.36. The highest BCUT2D eigenvalue weighted by Gasteiger charge is 2.41. The Morgan fingerprint density at radius 1 is 0.677 bits per heavy atom. The van der Waals surface area contributed by atoms with Gasteiger partial charge in [0.2, 0.25) is 23.6 Å². The van der Waals surface area contributed by atoms with E-state index in [-0.39, 0.29) is 67.0 Å². The molecule has 1 aliphatic carbocycles.